The second-order valence-corrected chi connectivity index (χ2v) is 8.52. The van der Waals surface area contributed by atoms with Gasteiger partial charge in [-0.3, -0.25) is 4.90 Å². The molecule has 0 spiro atoms. The average molecular weight is 411 g/mol. The highest BCUT2D eigenvalue weighted by atomic mass is 35.5. The van der Waals surface area contributed by atoms with Crippen molar-refractivity contribution in [1.29, 1.82) is 0 Å². The second kappa shape index (κ2) is 7.57. The zero-order chi connectivity index (χ0) is 19.9. The highest BCUT2D eigenvalue weighted by molar-refractivity contribution is 6.30. The summed E-state index contributed by atoms with van der Waals surface area (Å²) in [7, 11) is 0. The van der Waals surface area contributed by atoms with Gasteiger partial charge >= 0.3 is 6.01 Å². The Hall–Kier alpha value is -1.77. The molecular weight excluding hydrogens is 387 g/mol. The molecule has 7 nitrogen and oxygen atoms in total. The van der Waals surface area contributed by atoms with Crippen LogP contribution in [0.2, 0.25) is 5.15 Å². The van der Waals surface area contributed by atoms with Gasteiger partial charge in [-0.15, -0.1) is 0 Å². The number of halogens is 2. The Labute approximate surface area is 168 Å². The van der Waals surface area contributed by atoms with Gasteiger partial charge < -0.3 is 14.2 Å². The molecule has 2 fully saturated rings. The van der Waals surface area contributed by atoms with E-state index in [1.54, 1.807) is 0 Å². The van der Waals surface area contributed by atoms with Gasteiger partial charge in [-0.25, -0.2) is 9.37 Å². The summed E-state index contributed by atoms with van der Waals surface area (Å²) < 4.78 is 31.9. The van der Waals surface area contributed by atoms with Gasteiger partial charge in [-0.1, -0.05) is 11.6 Å². The van der Waals surface area contributed by atoms with Crippen molar-refractivity contribution in [2.75, 3.05) is 26.4 Å². The van der Waals surface area contributed by atoms with Crippen molar-refractivity contribution in [3.63, 3.8) is 0 Å². The normalized spacial score (nSPS) is 23.0. The Morgan fingerprint density at radius 1 is 1.32 bits per heavy atom. The third-order valence-corrected chi connectivity index (χ3v) is 5.23. The molecule has 152 valence electrons. The maximum Gasteiger partial charge on any atom is 0.320 e. The number of fused-ring (bicyclic) bond motifs is 2. The number of aromatic nitrogens is 3. The minimum Gasteiger partial charge on any atom is -0.471 e. The fourth-order valence-corrected chi connectivity index (χ4v) is 3.86. The topological polar surface area (TPSA) is 69.6 Å². The Balaban J connectivity index is 1.60. The van der Waals surface area contributed by atoms with Crippen molar-refractivity contribution < 1.29 is 18.6 Å². The van der Waals surface area contributed by atoms with E-state index < -0.39 is 11.4 Å². The molecule has 2 aromatic rings. The summed E-state index contributed by atoms with van der Waals surface area (Å²) in [5.74, 6) is -0.481. The summed E-state index contributed by atoms with van der Waals surface area (Å²) in [6.07, 6.45) is 3.53. The lowest BCUT2D eigenvalue weighted by Crippen LogP contribution is -2.46. The fraction of sp³-hybridized carbons (Fsp3) is 0.632. The van der Waals surface area contributed by atoms with E-state index in [0.717, 1.165) is 32.6 Å². The van der Waals surface area contributed by atoms with Crippen LogP contribution in [-0.2, 0) is 4.74 Å². The van der Waals surface area contributed by atoms with E-state index in [4.69, 9.17) is 25.8 Å². The van der Waals surface area contributed by atoms with Crippen LogP contribution in [0.5, 0.6) is 11.9 Å². The molecule has 2 aliphatic heterocycles. The van der Waals surface area contributed by atoms with Gasteiger partial charge in [0.15, 0.2) is 11.0 Å². The Morgan fingerprint density at radius 2 is 2.14 bits per heavy atom. The van der Waals surface area contributed by atoms with Gasteiger partial charge in [0.05, 0.1) is 18.6 Å². The van der Waals surface area contributed by atoms with Crippen molar-refractivity contribution in [2.45, 2.75) is 51.3 Å². The first kappa shape index (κ1) is 19.5. The molecule has 4 rings (SSSR count). The molecule has 2 atom stereocenters. The maximum absolute atomic E-state index is 14.5. The van der Waals surface area contributed by atoms with E-state index >= 15 is 0 Å². The molecule has 4 heterocycles. The summed E-state index contributed by atoms with van der Waals surface area (Å²) in [6, 6.07) is 0.790. The number of nitrogens with zero attached hydrogens (tertiary/aromatic N) is 4. The number of hydrogen-bond donors (Lipinski definition) is 0. The van der Waals surface area contributed by atoms with Gasteiger partial charge in [0.25, 0.3) is 0 Å². The SMILES string of the molecule is CC(C)(C)Oc1nc(OC[C@@H]2CC[C@H]3COCCN32)nc2c(F)c(Cl)ncc12. The number of hydrogen-bond acceptors (Lipinski definition) is 7. The van der Waals surface area contributed by atoms with Crippen LogP contribution in [0, 0.1) is 5.82 Å². The highest BCUT2D eigenvalue weighted by Crippen LogP contribution is 2.32. The molecule has 2 aromatic heterocycles. The molecular formula is C19H24ClFN4O3. The zero-order valence-electron chi connectivity index (χ0n) is 16.2. The summed E-state index contributed by atoms with van der Waals surface area (Å²) in [5, 5.41) is 0.115. The minimum atomic E-state index is -0.709. The van der Waals surface area contributed by atoms with Gasteiger partial charge in [-0.2, -0.15) is 9.97 Å². The van der Waals surface area contributed by atoms with E-state index in [0.29, 0.717) is 18.0 Å². The summed E-state index contributed by atoms with van der Waals surface area (Å²) in [6.45, 7) is 8.49. The lowest BCUT2D eigenvalue weighted by molar-refractivity contribution is -0.0102. The molecule has 0 aromatic carbocycles. The maximum atomic E-state index is 14.5. The molecule has 0 unspecified atom stereocenters. The first-order valence-electron chi connectivity index (χ1n) is 9.49. The molecule has 2 saturated heterocycles. The first-order valence-corrected chi connectivity index (χ1v) is 9.86. The van der Waals surface area contributed by atoms with E-state index in [1.807, 2.05) is 20.8 Å². The van der Waals surface area contributed by atoms with E-state index in [1.165, 1.54) is 6.20 Å². The van der Waals surface area contributed by atoms with Crippen LogP contribution in [0.1, 0.15) is 33.6 Å². The summed E-state index contributed by atoms with van der Waals surface area (Å²) in [5.41, 5.74) is -0.485. The highest BCUT2D eigenvalue weighted by Gasteiger charge is 2.36. The molecule has 0 radical (unpaired) electrons. The van der Waals surface area contributed by atoms with Crippen LogP contribution < -0.4 is 9.47 Å². The summed E-state index contributed by atoms with van der Waals surface area (Å²) >= 11 is 5.84. The Morgan fingerprint density at radius 3 is 2.93 bits per heavy atom. The van der Waals surface area contributed by atoms with Crippen LogP contribution in [0.25, 0.3) is 10.9 Å². The standard InChI is InChI=1S/C19H24ClFN4O3/c1-19(2,3)28-17-13-8-22-16(20)14(21)15(13)23-18(24-17)27-10-12-5-4-11-9-26-7-6-25(11)12/h8,11-12H,4-7,9-10H2,1-3H3/t11-,12-/m0/s1. The molecule has 0 saturated carbocycles. The lowest BCUT2D eigenvalue weighted by Gasteiger charge is -2.33. The minimum absolute atomic E-state index is 0.0416. The zero-order valence-corrected chi connectivity index (χ0v) is 17.0. The van der Waals surface area contributed by atoms with Crippen LogP contribution in [0.3, 0.4) is 0 Å². The van der Waals surface area contributed by atoms with Crippen molar-refractivity contribution in [2.24, 2.45) is 0 Å². The van der Waals surface area contributed by atoms with Crippen molar-refractivity contribution >= 4 is 22.5 Å². The fourth-order valence-electron chi connectivity index (χ4n) is 3.72. The van der Waals surface area contributed by atoms with Gasteiger partial charge in [0.1, 0.15) is 17.7 Å². The summed E-state index contributed by atoms with van der Waals surface area (Å²) in [4.78, 5) is 14.9. The van der Waals surface area contributed by atoms with Crippen LogP contribution in [0.15, 0.2) is 6.20 Å². The van der Waals surface area contributed by atoms with Gasteiger partial charge in [0, 0.05) is 24.8 Å². The first-order chi connectivity index (χ1) is 13.3. The van der Waals surface area contributed by atoms with E-state index in [9.17, 15) is 4.39 Å². The van der Waals surface area contributed by atoms with Crippen molar-refractivity contribution in [3.8, 4) is 11.9 Å². The van der Waals surface area contributed by atoms with E-state index in [-0.39, 0.29) is 28.6 Å². The van der Waals surface area contributed by atoms with Gasteiger partial charge in [0.2, 0.25) is 5.88 Å². The quantitative estimate of drug-likeness (QED) is 0.716. The lowest BCUT2D eigenvalue weighted by atomic mass is 10.2. The number of ether oxygens (including phenoxy) is 3. The molecule has 0 aliphatic carbocycles. The number of pyridine rings is 1. The predicted octanol–water partition coefficient (Wildman–Crippen LogP) is 3.24. The smallest absolute Gasteiger partial charge is 0.320 e. The molecule has 28 heavy (non-hydrogen) atoms. The van der Waals surface area contributed by atoms with Crippen molar-refractivity contribution in [3.05, 3.63) is 17.2 Å². The third kappa shape index (κ3) is 3.99. The number of morpholine rings is 1. The van der Waals surface area contributed by atoms with E-state index in [2.05, 4.69) is 19.9 Å². The molecule has 0 bridgehead atoms. The molecule has 2 aliphatic rings. The van der Waals surface area contributed by atoms with Crippen LogP contribution >= 0.6 is 11.6 Å². The van der Waals surface area contributed by atoms with Crippen LogP contribution in [0.4, 0.5) is 4.39 Å². The second-order valence-electron chi connectivity index (χ2n) is 8.16. The average Bonchev–Trinajstić information content (AvgIpc) is 3.05. The molecule has 9 heteroatoms. The Kier molecular flexibility index (Phi) is 5.28. The van der Waals surface area contributed by atoms with Crippen molar-refractivity contribution in [1.82, 2.24) is 19.9 Å². The Bertz CT molecular complexity index is 876. The largest absolute Gasteiger partial charge is 0.471 e. The van der Waals surface area contributed by atoms with Crippen LogP contribution in [-0.4, -0.2) is 63.9 Å². The van der Waals surface area contributed by atoms with Gasteiger partial charge in [-0.05, 0) is 33.6 Å². The predicted molar refractivity (Wildman–Crippen MR) is 103 cm³/mol. The third-order valence-electron chi connectivity index (χ3n) is 4.97. The molecule has 0 amide bonds. The number of rotatable bonds is 4. The monoisotopic (exact) mass is 410 g/mol. The molecule has 0 N–H and O–H groups in total.